The second-order valence-corrected chi connectivity index (χ2v) is 7.61. The van der Waals surface area contributed by atoms with Gasteiger partial charge in [0.05, 0.1) is 24.0 Å². The van der Waals surface area contributed by atoms with Crippen molar-refractivity contribution in [3.05, 3.63) is 114 Å². The molecule has 0 unspecified atom stereocenters. The molecular formula is C27H25N3O. The van der Waals surface area contributed by atoms with Crippen molar-refractivity contribution in [1.29, 1.82) is 0 Å². The molecule has 0 aliphatic rings. The fourth-order valence-corrected chi connectivity index (χ4v) is 3.43. The molecule has 0 fully saturated rings. The predicted molar refractivity (Wildman–Crippen MR) is 125 cm³/mol. The zero-order valence-electron chi connectivity index (χ0n) is 17.6. The molecule has 1 amide bonds. The van der Waals surface area contributed by atoms with Crippen molar-refractivity contribution in [2.24, 2.45) is 0 Å². The molecule has 0 aliphatic carbocycles. The average Bonchev–Trinajstić information content (AvgIpc) is 2.81. The highest BCUT2D eigenvalue weighted by Crippen LogP contribution is 2.21. The highest BCUT2D eigenvalue weighted by Gasteiger charge is 2.13. The molecule has 0 radical (unpaired) electrons. The third-order valence-electron chi connectivity index (χ3n) is 5.15. The molecule has 3 aromatic carbocycles. The standard InChI is InChI=1S/C27H25N3O/c1-20-12-14-22(15-13-20)18-26(31)30-27-24(17-16-21-8-4-2-5-9-21)29-25(19-28-27)23-10-6-3-7-11-23/h2-15,19H,16-18H2,1H3,(H,28,30,31). The van der Waals surface area contributed by atoms with Gasteiger partial charge in [0.15, 0.2) is 5.82 Å². The Kier molecular flexibility index (Phi) is 6.48. The van der Waals surface area contributed by atoms with Gasteiger partial charge in [0.1, 0.15) is 0 Å². The smallest absolute Gasteiger partial charge is 0.229 e. The van der Waals surface area contributed by atoms with Crippen LogP contribution < -0.4 is 5.32 Å². The van der Waals surface area contributed by atoms with Crippen molar-refractivity contribution in [3.63, 3.8) is 0 Å². The van der Waals surface area contributed by atoms with Crippen molar-refractivity contribution in [2.75, 3.05) is 5.32 Å². The Bertz CT molecular complexity index is 1140. The lowest BCUT2D eigenvalue weighted by molar-refractivity contribution is -0.115. The van der Waals surface area contributed by atoms with E-state index in [0.29, 0.717) is 18.7 Å². The SMILES string of the molecule is Cc1ccc(CC(=O)Nc2ncc(-c3ccccc3)nc2CCc2ccccc2)cc1. The van der Waals surface area contributed by atoms with E-state index in [-0.39, 0.29) is 5.91 Å². The number of hydrogen-bond donors (Lipinski definition) is 1. The van der Waals surface area contributed by atoms with E-state index in [0.717, 1.165) is 28.9 Å². The lowest BCUT2D eigenvalue weighted by Crippen LogP contribution is -2.17. The van der Waals surface area contributed by atoms with E-state index >= 15 is 0 Å². The lowest BCUT2D eigenvalue weighted by atomic mass is 10.1. The minimum absolute atomic E-state index is 0.0911. The van der Waals surface area contributed by atoms with E-state index in [1.165, 1.54) is 11.1 Å². The molecule has 1 aromatic heterocycles. The quantitative estimate of drug-likeness (QED) is 0.445. The van der Waals surface area contributed by atoms with Crippen LogP contribution in [0.15, 0.2) is 91.1 Å². The summed E-state index contributed by atoms with van der Waals surface area (Å²) >= 11 is 0. The van der Waals surface area contributed by atoms with Gasteiger partial charge in [0.25, 0.3) is 0 Å². The molecule has 154 valence electrons. The van der Waals surface area contributed by atoms with Crippen molar-refractivity contribution < 1.29 is 4.79 Å². The fourth-order valence-electron chi connectivity index (χ4n) is 3.43. The number of nitrogens with zero attached hydrogens (tertiary/aromatic N) is 2. The Hall–Kier alpha value is -3.79. The van der Waals surface area contributed by atoms with Gasteiger partial charge < -0.3 is 5.32 Å². The first-order valence-corrected chi connectivity index (χ1v) is 10.5. The number of nitrogens with one attached hydrogen (secondary N) is 1. The third kappa shape index (κ3) is 5.64. The fraction of sp³-hybridized carbons (Fsp3) is 0.148. The molecule has 0 bridgehead atoms. The molecule has 4 rings (SSSR count). The molecule has 4 nitrogen and oxygen atoms in total. The number of carbonyl (C=O) groups excluding carboxylic acids is 1. The summed E-state index contributed by atoms with van der Waals surface area (Å²) in [6.07, 6.45) is 3.55. The first-order valence-electron chi connectivity index (χ1n) is 10.5. The second-order valence-electron chi connectivity index (χ2n) is 7.61. The highest BCUT2D eigenvalue weighted by molar-refractivity contribution is 5.92. The molecule has 0 spiro atoms. The molecule has 4 heteroatoms. The zero-order valence-corrected chi connectivity index (χ0v) is 17.6. The van der Waals surface area contributed by atoms with Crippen LogP contribution in [0.5, 0.6) is 0 Å². The van der Waals surface area contributed by atoms with Gasteiger partial charge in [-0.25, -0.2) is 9.97 Å². The Balaban J connectivity index is 1.55. The van der Waals surface area contributed by atoms with Crippen LogP contribution in [0.25, 0.3) is 11.3 Å². The molecule has 0 atom stereocenters. The third-order valence-corrected chi connectivity index (χ3v) is 5.15. The van der Waals surface area contributed by atoms with Crippen molar-refractivity contribution >= 4 is 11.7 Å². The van der Waals surface area contributed by atoms with Gasteiger partial charge in [-0.2, -0.15) is 0 Å². The number of rotatable bonds is 7. The molecular weight excluding hydrogens is 382 g/mol. The summed E-state index contributed by atoms with van der Waals surface area (Å²) in [4.78, 5) is 22.1. The molecule has 1 heterocycles. The largest absolute Gasteiger partial charge is 0.309 e. The Morgan fingerprint density at radius 3 is 2.19 bits per heavy atom. The van der Waals surface area contributed by atoms with E-state index in [1.807, 2.05) is 79.7 Å². The van der Waals surface area contributed by atoms with Crippen molar-refractivity contribution in [3.8, 4) is 11.3 Å². The Morgan fingerprint density at radius 1 is 0.806 bits per heavy atom. The molecule has 4 aromatic rings. The van der Waals surface area contributed by atoms with Gasteiger partial charge in [-0.1, -0.05) is 90.5 Å². The van der Waals surface area contributed by atoms with Gasteiger partial charge in [0.2, 0.25) is 5.91 Å². The summed E-state index contributed by atoms with van der Waals surface area (Å²) in [6.45, 7) is 2.03. The molecule has 31 heavy (non-hydrogen) atoms. The normalized spacial score (nSPS) is 10.6. The van der Waals surface area contributed by atoms with E-state index in [9.17, 15) is 4.79 Å². The number of anilines is 1. The van der Waals surface area contributed by atoms with E-state index in [4.69, 9.17) is 4.98 Å². The Labute approximate surface area is 183 Å². The maximum Gasteiger partial charge on any atom is 0.229 e. The monoisotopic (exact) mass is 407 g/mol. The van der Waals surface area contributed by atoms with Gasteiger partial charge in [-0.05, 0) is 30.9 Å². The van der Waals surface area contributed by atoms with Crippen LogP contribution in [0, 0.1) is 6.92 Å². The summed E-state index contributed by atoms with van der Waals surface area (Å²) in [6, 6.07) is 28.3. The number of aromatic nitrogens is 2. The van der Waals surface area contributed by atoms with Gasteiger partial charge in [-0.3, -0.25) is 4.79 Å². The summed E-state index contributed by atoms with van der Waals surface area (Å²) in [7, 11) is 0. The number of benzene rings is 3. The predicted octanol–water partition coefficient (Wildman–Crippen LogP) is 5.42. The molecule has 1 N–H and O–H groups in total. The summed E-state index contributed by atoms with van der Waals surface area (Å²) in [5, 5.41) is 2.98. The maximum atomic E-state index is 12.7. The minimum Gasteiger partial charge on any atom is -0.309 e. The molecule has 0 saturated heterocycles. The van der Waals surface area contributed by atoms with E-state index in [1.54, 1.807) is 6.20 Å². The second kappa shape index (κ2) is 9.81. The van der Waals surface area contributed by atoms with Gasteiger partial charge >= 0.3 is 0 Å². The first-order chi connectivity index (χ1) is 15.2. The zero-order chi connectivity index (χ0) is 21.5. The molecule has 0 aliphatic heterocycles. The summed E-state index contributed by atoms with van der Waals surface area (Å²) < 4.78 is 0. The number of aryl methyl sites for hydroxylation is 3. The van der Waals surface area contributed by atoms with Crippen LogP contribution in [0.1, 0.15) is 22.4 Å². The maximum absolute atomic E-state index is 12.7. The number of hydrogen-bond acceptors (Lipinski definition) is 3. The lowest BCUT2D eigenvalue weighted by Gasteiger charge is -2.12. The van der Waals surface area contributed by atoms with Gasteiger partial charge in [-0.15, -0.1) is 0 Å². The highest BCUT2D eigenvalue weighted by atomic mass is 16.1. The number of carbonyl (C=O) groups is 1. The van der Waals surface area contributed by atoms with Gasteiger partial charge in [0, 0.05) is 5.56 Å². The van der Waals surface area contributed by atoms with Crippen LogP contribution in [-0.2, 0) is 24.1 Å². The average molecular weight is 408 g/mol. The van der Waals surface area contributed by atoms with Crippen molar-refractivity contribution in [1.82, 2.24) is 9.97 Å². The van der Waals surface area contributed by atoms with Crippen LogP contribution >= 0.6 is 0 Å². The number of amides is 1. The first kappa shape index (κ1) is 20.5. The van der Waals surface area contributed by atoms with Crippen LogP contribution in [0.2, 0.25) is 0 Å². The summed E-state index contributed by atoms with van der Waals surface area (Å²) in [5.41, 5.74) is 5.99. The molecule has 0 saturated carbocycles. The van der Waals surface area contributed by atoms with E-state index < -0.39 is 0 Å². The Morgan fingerprint density at radius 2 is 1.48 bits per heavy atom. The van der Waals surface area contributed by atoms with Crippen LogP contribution in [0.4, 0.5) is 5.82 Å². The summed E-state index contributed by atoms with van der Waals surface area (Å²) in [5.74, 6) is 0.444. The van der Waals surface area contributed by atoms with Crippen molar-refractivity contribution in [2.45, 2.75) is 26.2 Å². The van der Waals surface area contributed by atoms with E-state index in [2.05, 4.69) is 22.4 Å². The van der Waals surface area contributed by atoms with Crippen LogP contribution in [-0.4, -0.2) is 15.9 Å². The minimum atomic E-state index is -0.0911. The topological polar surface area (TPSA) is 54.9 Å². The van der Waals surface area contributed by atoms with Crippen LogP contribution in [0.3, 0.4) is 0 Å².